The van der Waals surface area contributed by atoms with Gasteiger partial charge in [-0.3, -0.25) is 0 Å². The fourth-order valence-electron chi connectivity index (χ4n) is 3.59. The molecule has 0 radical (unpaired) electrons. The van der Waals surface area contributed by atoms with Crippen molar-refractivity contribution in [2.24, 2.45) is 11.8 Å². The van der Waals surface area contributed by atoms with Crippen LogP contribution in [0.2, 0.25) is 0 Å². The van der Waals surface area contributed by atoms with Crippen LogP contribution in [0.15, 0.2) is 21.9 Å². The number of hydrogen-bond donors (Lipinski definition) is 1. The average molecular weight is 395 g/mol. The molecule has 0 unspecified atom stereocenters. The zero-order valence-corrected chi connectivity index (χ0v) is 16.4. The lowest BCUT2D eigenvalue weighted by Crippen LogP contribution is -2.32. The van der Waals surface area contributed by atoms with E-state index in [2.05, 4.69) is 5.32 Å². The molecule has 2 atom stereocenters. The monoisotopic (exact) mass is 394 g/mol. The number of halogens is 1. The summed E-state index contributed by atoms with van der Waals surface area (Å²) in [7, 11) is -7.15. The minimum absolute atomic E-state index is 0. The van der Waals surface area contributed by atoms with E-state index in [1.54, 1.807) is 19.9 Å². The minimum Gasteiger partial charge on any atom is -0.316 e. The van der Waals surface area contributed by atoms with Crippen molar-refractivity contribution in [2.45, 2.75) is 23.6 Å². The molecule has 0 aromatic heterocycles. The summed E-state index contributed by atoms with van der Waals surface area (Å²) in [6.07, 6.45) is 1.11. The molecule has 1 aromatic rings. The van der Waals surface area contributed by atoms with E-state index in [4.69, 9.17) is 0 Å². The Morgan fingerprint density at radius 1 is 1.00 bits per heavy atom. The first kappa shape index (κ1) is 19.7. The van der Waals surface area contributed by atoms with E-state index in [-0.39, 0.29) is 22.2 Å². The van der Waals surface area contributed by atoms with Gasteiger partial charge in [-0.15, -0.1) is 12.4 Å². The Morgan fingerprint density at radius 2 is 1.50 bits per heavy atom. The highest BCUT2D eigenvalue weighted by Gasteiger charge is 2.42. The molecule has 2 aliphatic rings. The largest absolute Gasteiger partial charge is 0.316 e. The molecule has 9 heteroatoms. The summed E-state index contributed by atoms with van der Waals surface area (Å²) in [5.74, 6) is 0.702. The Morgan fingerprint density at radius 3 is 2.00 bits per heavy atom. The molecule has 0 bridgehead atoms. The van der Waals surface area contributed by atoms with Crippen LogP contribution in [0.1, 0.15) is 11.1 Å². The Kier molecular flexibility index (Phi) is 5.38. The zero-order valence-electron chi connectivity index (χ0n) is 13.9. The van der Waals surface area contributed by atoms with Crippen molar-refractivity contribution in [3.8, 4) is 0 Å². The summed E-state index contributed by atoms with van der Waals surface area (Å²) < 4.78 is 51.5. The van der Waals surface area contributed by atoms with Crippen molar-refractivity contribution in [1.29, 1.82) is 0 Å². The number of hydrogen-bond acceptors (Lipinski definition) is 5. The predicted octanol–water partition coefficient (Wildman–Crippen LogP) is 0.969. The normalized spacial score (nSPS) is 24.6. The number of benzene rings is 1. The van der Waals surface area contributed by atoms with E-state index in [0.29, 0.717) is 36.1 Å². The highest BCUT2D eigenvalue weighted by Crippen LogP contribution is 2.33. The van der Waals surface area contributed by atoms with E-state index in [9.17, 15) is 16.8 Å². The third kappa shape index (κ3) is 3.35. The second-order valence-corrected chi connectivity index (χ2v) is 10.5. The maximum Gasteiger partial charge on any atom is 0.243 e. The van der Waals surface area contributed by atoms with Crippen LogP contribution < -0.4 is 5.32 Å². The van der Waals surface area contributed by atoms with Crippen LogP contribution in [0.5, 0.6) is 0 Å². The van der Waals surface area contributed by atoms with E-state index in [1.165, 1.54) is 10.4 Å². The van der Waals surface area contributed by atoms with Crippen molar-refractivity contribution in [2.75, 3.05) is 32.4 Å². The number of aryl methyl sites for hydroxylation is 1. The lowest BCUT2D eigenvalue weighted by Gasteiger charge is -2.20. The molecule has 0 amide bonds. The van der Waals surface area contributed by atoms with Crippen LogP contribution >= 0.6 is 12.4 Å². The SMILES string of the molecule is Cc1cc(S(C)(=O)=O)c(C)c(S(=O)(=O)N2C[C@H]3CNC[C@H]3C2)c1.Cl. The molecule has 0 saturated carbocycles. The van der Waals surface area contributed by atoms with Crippen LogP contribution in [-0.4, -0.2) is 53.6 Å². The highest BCUT2D eigenvalue weighted by molar-refractivity contribution is 7.91. The molecular formula is C15H23ClN2O4S2. The number of fused-ring (bicyclic) bond motifs is 1. The number of sulfonamides is 1. The molecule has 2 saturated heterocycles. The summed E-state index contributed by atoms with van der Waals surface area (Å²) in [4.78, 5) is 0.211. The molecule has 2 aliphatic heterocycles. The van der Waals surface area contributed by atoms with Crippen molar-refractivity contribution >= 4 is 32.3 Å². The maximum atomic E-state index is 13.0. The molecule has 1 aromatic carbocycles. The molecule has 0 spiro atoms. The first-order chi connectivity index (χ1) is 10.6. The first-order valence-electron chi connectivity index (χ1n) is 7.63. The molecule has 6 nitrogen and oxygen atoms in total. The standard InChI is InChI=1S/C15H22N2O4S2.ClH/c1-10-4-14(22(3,18)19)11(2)15(5-10)23(20,21)17-8-12-6-16-7-13(12)9-17;/h4-5,12-13,16H,6-9H2,1-3H3;1H/t12-,13+;. The Balaban J connectivity index is 0.00000208. The van der Waals surface area contributed by atoms with E-state index in [0.717, 1.165) is 19.3 Å². The van der Waals surface area contributed by atoms with Crippen LogP contribution in [0.25, 0.3) is 0 Å². The van der Waals surface area contributed by atoms with Crippen molar-refractivity contribution < 1.29 is 16.8 Å². The lowest BCUT2D eigenvalue weighted by molar-refractivity contribution is 0.447. The van der Waals surface area contributed by atoms with Crippen LogP contribution in [-0.2, 0) is 19.9 Å². The number of nitrogens with zero attached hydrogens (tertiary/aromatic N) is 1. The highest BCUT2D eigenvalue weighted by atomic mass is 35.5. The van der Waals surface area contributed by atoms with Gasteiger partial charge in [0.25, 0.3) is 0 Å². The molecular weight excluding hydrogens is 372 g/mol. The van der Waals surface area contributed by atoms with Gasteiger partial charge in [0.1, 0.15) is 0 Å². The number of rotatable bonds is 3. The fraction of sp³-hybridized carbons (Fsp3) is 0.600. The van der Waals surface area contributed by atoms with Crippen LogP contribution in [0, 0.1) is 25.7 Å². The number of nitrogens with one attached hydrogen (secondary N) is 1. The molecule has 2 heterocycles. The van der Waals surface area contributed by atoms with Gasteiger partial charge in [-0.2, -0.15) is 4.31 Å². The molecule has 24 heavy (non-hydrogen) atoms. The third-order valence-corrected chi connectivity index (χ3v) is 8.01. The molecule has 0 aliphatic carbocycles. The third-order valence-electron chi connectivity index (χ3n) is 4.83. The summed E-state index contributed by atoms with van der Waals surface area (Å²) >= 11 is 0. The summed E-state index contributed by atoms with van der Waals surface area (Å²) in [5, 5.41) is 3.28. The van der Waals surface area contributed by atoms with Crippen molar-refractivity contribution in [1.82, 2.24) is 9.62 Å². The smallest absolute Gasteiger partial charge is 0.243 e. The van der Waals surface area contributed by atoms with Crippen molar-refractivity contribution in [3.63, 3.8) is 0 Å². The Labute approximate surface area is 150 Å². The lowest BCUT2D eigenvalue weighted by atomic mass is 10.0. The van der Waals surface area contributed by atoms with Gasteiger partial charge in [-0.05, 0) is 62.0 Å². The Hall–Kier alpha value is -0.670. The molecule has 2 fully saturated rings. The van der Waals surface area contributed by atoms with Gasteiger partial charge in [0.05, 0.1) is 9.79 Å². The van der Waals surface area contributed by atoms with Crippen molar-refractivity contribution in [3.05, 3.63) is 23.3 Å². The topological polar surface area (TPSA) is 83.5 Å². The van der Waals surface area contributed by atoms with Gasteiger partial charge in [0.2, 0.25) is 10.0 Å². The minimum atomic E-state index is -3.68. The van der Waals surface area contributed by atoms with Crippen LogP contribution in [0.3, 0.4) is 0 Å². The summed E-state index contributed by atoms with van der Waals surface area (Å²) in [5.41, 5.74) is 0.948. The quantitative estimate of drug-likeness (QED) is 0.825. The van der Waals surface area contributed by atoms with E-state index >= 15 is 0 Å². The van der Waals surface area contributed by atoms with Gasteiger partial charge in [-0.25, -0.2) is 16.8 Å². The maximum absolute atomic E-state index is 13.0. The number of sulfone groups is 1. The molecule has 1 N–H and O–H groups in total. The molecule has 136 valence electrons. The van der Waals surface area contributed by atoms with Gasteiger partial charge in [0.15, 0.2) is 9.84 Å². The van der Waals surface area contributed by atoms with Crippen LogP contribution in [0.4, 0.5) is 0 Å². The fourth-order valence-corrected chi connectivity index (χ4v) is 6.61. The van der Waals surface area contributed by atoms with E-state index in [1.807, 2.05) is 0 Å². The second kappa shape index (κ2) is 6.57. The average Bonchev–Trinajstić information content (AvgIpc) is 3.00. The predicted molar refractivity (Wildman–Crippen MR) is 94.9 cm³/mol. The molecule has 3 rings (SSSR count). The van der Waals surface area contributed by atoms with E-state index < -0.39 is 19.9 Å². The van der Waals surface area contributed by atoms with Gasteiger partial charge in [-0.1, -0.05) is 0 Å². The Bertz CT molecular complexity index is 840. The van der Waals surface area contributed by atoms with Gasteiger partial charge < -0.3 is 5.32 Å². The summed E-state index contributed by atoms with van der Waals surface area (Å²) in [6, 6.07) is 3.11. The van der Waals surface area contributed by atoms with Gasteiger partial charge >= 0.3 is 0 Å². The summed E-state index contributed by atoms with van der Waals surface area (Å²) in [6.45, 7) is 5.98. The zero-order chi connectivity index (χ0) is 17.0. The first-order valence-corrected chi connectivity index (χ1v) is 11.0. The second-order valence-electron chi connectivity index (χ2n) is 6.66. The van der Waals surface area contributed by atoms with Gasteiger partial charge in [0, 0.05) is 19.3 Å².